The molecule has 0 bridgehead atoms. The molecule has 0 spiro atoms. The van der Waals surface area contributed by atoms with E-state index < -0.39 is 11.4 Å². The Bertz CT molecular complexity index is 784. The van der Waals surface area contributed by atoms with Crippen molar-refractivity contribution in [2.45, 2.75) is 37.4 Å². The second-order valence-electron chi connectivity index (χ2n) is 6.15. The number of carbonyl (C=O) groups excluding carboxylic acids is 1. The van der Waals surface area contributed by atoms with E-state index in [1.807, 2.05) is 26.3 Å². The molecule has 122 valence electrons. The number of aliphatic hydroxyl groups is 1. The first kappa shape index (κ1) is 15.9. The maximum Gasteiger partial charge on any atom is 0.269 e. The number of aromatic nitrogens is 4. The van der Waals surface area contributed by atoms with E-state index in [0.29, 0.717) is 11.6 Å². The first-order valence-corrected chi connectivity index (χ1v) is 8.55. The second-order valence-corrected chi connectivity index (χ2v) is 6.93. The predicted molar refractivity (Wildman–Crippen MR) is 87.4 cm³/mol. The molecule has 2 aromatic heterocycles. The Balaban J connectivity index is 2.32. The molecule has 1 aliphatic rings. The van der Waals surface area contributed by atoms with Crippen molar-refractivity contribution in [3.8, 4) is 11.4 Å². The van der Waals surface area contributed by atoms with Crippen molar-refractivity contribution in [1.82, 2.24) is 19.7 Å². The number of nitrogens with zero attached hydrogens (tertiary/aromatic N) is 4. The van der Waals surface area contributed by atoms with Crippen LogP contribution >= 0.6 is 11.8 Å². The van der Waals surface area contributed by atoms with Gasteiger partial charge in [-0.2, -0.15) is 5.10 Å². The van der Waals surface area contributed by atoms with E-state index in [4.69, 9.17) is 5.73 Å². The number of primary amides is 1. The van der Waals surface area contributed by atoms with Crippen LogP contribution in [-0.4, -0.2) is 43.6 Å². The van der Waals surface area contributed by atoms with Crippen molar-refractivity contribution in [3.63, 3.8) is 0 Å². The number of carbonyl (C=O) groups is 1. The van der Waals surface area contributed by atoms with Gasteiger partial charge in [0.15, 0.2) is 10.9 Å². The zero-order valence-corrected chi connectivity index (χ0v) is 14.1. The molecule has 3 N–H and O–H groups in total. The fourth-order valence-electron chi connectivity index (χ4n) is 2.77. The molecule has 23 heavy (non-hydrogen) atoms. The maximum atomic E-state index is 11.8. The Morgan fingerprint density at radius 3 is 2.83 bits per heavy atom. The molecule has 1 aliphatic carbocycles. The fraction of sp³-hybridized carbons (Fsp3) is 0.467. The average Bonchev–Trinajstić information content (AvgIpc) is 2.95. The lowest BCUT2D eigenvalue weighted by Crippen LogP contribution is -2.33. The number of hydrogen-bond donors (Lipinski definition) is 2. The molecule has 7 nitrogen and oxygen atoms in total. The number of thioether (sulfide) groups is 1. The van der Waals surface area contributed by atoms with Gasteiger partial charge in [0, 0.05) is 11.8 Å². The van der Waals surface area contributed by atoms with Crippen LogP contribution in [-0.2, 0) is 18.4 Å². The topological polar surface area (TPSA) is 107 Å². The molecule has 8 heteroatoms. The minimum Gasteiger partial charge on any atom is -0.394 e. The van der Waals surface area contributed by atoms with Crippen molar-refractivity contribution in [3.05, 3.63) is 23.0 Å². The largest absolute Gasteiger partial charge is 0.394 e. The van der Waals surface area contributed by atoms with Gasteiger partial charge in [0.25, 0.3) is 5.91 Å². The minimum atomic E-state index is -0.670. The van der Waals surface area contributed by atoms with Crippen molar-refractivity contribution in [2.24, 2.45) is 5.73 Å². The Morgan fingerprint density at radius 2 is 2.22 bits per heavy atom. The summed E-state index contributed by atoms with van der Waals surface area (Å²) in [5.41, 5.74) is 8.44. The number of rotatable bonds is 4. The van der Waals surface area contributed by atoms with Gasteiger partial charge in [0.1, 0.15) is 0 Å². The van der Waals surface area contributed by atoms with Gasteiger partial charge in [0.2, 0.25) is 0 Å². The summed E-state index contributed by atoms with van der Waals surface area (Å²) in [6, 6.07) is 0. The number of aryl methyl sites for hydroxylation is 1. The normalized spacial score (nSPS) is 13.6. The van der Waals surface area contributed by atoms with E-state index in [1.165, 1.54) is 11.8 Å². The standard InChI is InChI=1S/C15H19N5O2S/c1-15(2,7-21)20-12-9(11(19-20)13(16)22)5-4-8-6-17-14(23-3)18-10(8)12/h6,21H,4-5,7H2,1-3H3,(H2,16,22). The summed E-state index contributed by atoms with van der Waals surface area (Å²) < 4.78 is 1.68. The van der Waals surface area contributed by atoms with Crippen LogP contribution < -0.4 is 5.73 Å². The molecule has 0 aromatic carbocycles. The van der Waals surface area contributed by atoms with Crippen LogP contribution in [0.2, 0.25) is 0 Å². The van der Waals surface area contributed by atoms with Crippen molar-refractivity contribution < 1.29 is 9.90 Å². The zero-order chi connectivity index (χ0) is 16.8. The Labute approximate surface area is 138 Å². The highest BCUT2D eigenvalue weighted by Gasteiger charge is 2.34. The summed E-state index contributed by atoms with van der Waals surface area (Å²) >= 11 is 1.46. The second kappa shape index (κ2) is 5.61. The highest BCUT2D eigenvalue weighted by molar-refractivity contribution is 7.98. The van der Waals surface area contributed by atoms with Gasteiger partial charge >= 0.3 is 0 Å². The Kier molecular flexibility index (Phi) is 3.89. The minimum absolute atomic E-state index is 0.116. The Morgan fingerprint density at radius 1 is 1.48 bits per heavy atom. The maximum absolute atomic E-state index is 11.8. The molecule has 0 atom stereocenters. The van der Waals surface area contributed by atoms with Crippen LogP contribution in [0.1, 0.15) is 35.5 Å². The van der Waals surface area contributed by atoms with E-state index in [-0.39, 0.29) is 12.3 Å². The molecular weight excluding hydrogens is 314 g/mol. The third kappa shape index (κ3) is 2.51. The molecule has 1 amide bonds. The smallest absolute Gasteiger partial charge is 0.269 e. The predicted octanol–water partition coefficient (Wildman–Crippen LogP) is 0.987. The summed E-state index contributed by atoms with van der Waals surface area (Å²) in [6.07, 6.45) is 5.13. The average molecular weight is 333 g/mol. The molecule has 3 rings (SSSR count). The number of aliphatic hydroxyl groups excluding tert-OH is 1. The van der Waals surface area contributed by atoms with Crippen LogP contribution in [0, 0.1) is 0 Å². The first-order chi connectivity index (χ1) is 10.9. The molecule has 0 saturated carbocycles. The molecular formula is C15H19N5O2S. The lowest BCUT2D eigenvalue weighted by atomic mass is 9.92. The monoisotopic (exact) mass is 333 g/mol. The van der Waals surface area contributed by atoms with Gasteiger partial charge in [-0.05, 0) is 38.5 Å². The van der Waals surface area contributed by atoms with Crippen LogP contribution in [0.5, 0.6) is 0 Å². The van der Waals surface area contributed by atoms with E-state index in [2.05, 4.69) is 15.1 Å². The summed E-state index contributed by atoms with van der Waals surface area (Å²) in [4.78, 5) is 20.7. The third-order valence-electron chi connectivity index (χ3n) is 4.07. The molecule has 0 aliphatic heterocycles. The summed E-state index contributed by atoms with van der Waals surface area (Å²) in [7, 11) is 0. The lowest BCUT2D eigenvalue weighted by Gasteiger charge is -2.27. The number of hydrogen-bond acceptors (Lipinski definition) is 6. The van der Waals surface area contributed by atoms with Crippen LogP contribution in [0.25, 0.3) is 11.4 Å². The fourth-order valence-corrected chi connectivity index (χ4v) is 3.11. The van der Waals surface area contributed by atoms with Gasteiger partial charge in [-0.15, -0.1) is 0 Å². The van der Waals surface area contributed by atoms with Gasteiger partial charge in [-0.1, -0.05) is 11.8 Å². The quantitative estimate of drug-likeness (QED) is 0.638. The number of amides is 1. The van der Waals surface area contributed by atoms with Crippen LogP contribution in [0.15, 0.2) is 11.4 Å². The SMILES string of the molecule is CSc1ncc2c(n1)-c1c(c(C(N)=O)nn1C(C)(C)CO)CC2. The van der Waals surface area contributed by atoms with Gasteiger partial charge < -0.3 is 10.8 Å². The molecule has 2 heterocycles. The van der Waals surface area contributed by atoms with Crippen LogP contribution in [0.4, 0.5) is 0 Å². The summed E-state index contributed by atoms with van der Waals surface area (Å²) in [5, 5.41) is 14.8. The van der Waals surface area contributed by atoms with Gasteiger partial charge in [-0.25, -0.2) is 9.97 Å². The third-order valence-corrected chi connectivity index (χ3v) is 4.63. The molecule has 0 saturated heterocycles. The van der Waals surface area contributed by atoms with Gasteiger partial charge in [0.05, 0.1) is 23.5 Å². The zero-order valence-electron chi connectivity index (χ0n) is 13.3. The van der Waals surface area contributed by atoms with E-state index in [9.17, 15) is 9.90 Å². The number of fused-ring (bicyclic) bond motifs is 3. The van der Waals surface area contributed by atoms with Crippen molar-refractivity contribution >= 4 is 17.7 Å². The highest BCUT2D eigenvalue weighted by atomic mass is 32.2. The molecule has 0 unspecified atom stereocenters. The van der Waals surface area contributed by atoms with E-state index in [1.54, 1.807) is 4.68 Å². The van der Waals surface area contributed by atoms with E-state index >= 15 is 0 Å². The van der Waals surface area contributed by atoms with Crippen molar-refractivity contribution in [1.29, 1.82) is 0 Å². The summed E-state index contributed by atoms with van der Waals surface area (Å²) in [6.45, 7) is 3.60. The van der Waals surface area contributed by atoms with Gasteiger partial charge in [-0.3, -0.25) is 9.48 Å². The van der Waals surface area contributed by atoms with Crippen molar-refractivity contribution in [2.75, 3.05) is 12.9 Å². The van der Waals surface area contributed by atoms with E-state index in [0.717, 1.165) is 28.9 Å². The first-order valence-electron chi connectivity index (χ1n) is 7.32. The highest BCUT2D eigenvalue weighted by Crippen LogP contribution is 2.37. The lowest BCUT2D eigenvalue weighted by molar-refractivity contribution is 0.0990. The Hall–Kier alpha value is -1.93. The molecule has 0 radical (unpaired) electrons. The summed E-state index contributed by atoms with van der Waals surface area (Å²) in [5.74, 6) is -0.559. The number of nitrogens with two attached hydrogens (primary N) is 1. The molecule has 0 fully saturated rings. The van der Waals surface area contributed by atoms with Crippen LogP contribution in [0.3, 0.4) is 0 Å². The molecule has 2 aromatic rings.